The van der Waals surface area contributed by atoms with Crippen molar-refractivity contribution in [2.45, 2.75) is 17.8 Å². The molecule has 0 radical (unpaired) electrons. The van der Waals surface area contributed by atoms with Crippen molar-refractivity contribution in [2.24, 2.45) is 0 Å². The van der Waals surface area contributed by atoms with Gasteiger partial charge < -0.3 is 0 Å². The van der Waals surface area contributed by atoms with Crippen LogP contribution in [-0.2, 0) is 5.75 Å². The molecule has 0 atom stereocenters. The Morgan fingerprint density at radius 3 is 2.75 bits per heavy atom. The third-order valence-electron chi connectivity index (χ3n) is 3.54. The largest absolute Gasteiger partial charge is 0.291 e. The Kier molecular flexibility index (Phi) is 3.96. The van der Waals surface area contributed by atoms with Gasteiger partial charge in [-0.3, -0.25) is 4.40 Å². The van der Waals surface area contributed by atoms with Gasteiger partial charge in [-0.1, -0.05) is 42.1 Å². The van der Waals surface area contributed by atoms with Crippen molar-refractivity contribution in [1.29, 1.82) is 0 Å². The third kappa shape index (κ3) is 3.14. The Labute approximate surface area is 143 Å². The van der Waals surface area contributed by atoms with E-state index in [1.807, 2.05) is 54.0 Å². The van der Waals surface area contributed by atoms with Crippen molar-refractivity contribution in [3.8, 4) is 11.3 Å². The van der Waals surface area contributed by atoms with Crippen LogP contribution in [0.5, 0.6) is 0 Å². The lowest BCUT2D eigenvalue weighted by Gasteiger charge is -2.05. The molecule has 118 valence electrons. The zero-order valence-corrected chi connectivity index (χ0v) is 13.9. The van der Waals surface area contributed by atoms with E-state index in [1.165, 1.54) is 0 Å². The van der Waals surface area contributed by atoms with Gasteiger partial charge in [0.1, 0.15) is 0 Å². The van der Waals surface area contributed by atoms with Crippen molar-refractivity contribution in [3.63, 3.8) is 0 Å². The molecule has 0 amide bonds. The maximum atomic E-state index is 4.67. The molecule has 4 rings (SSSR count). The van der Waals surface area contributed by atoms with E-state index >= 15 is 0 Å². The summed E-state index contributed by atoms with van der Waals surface area (Å²) in [6.45, 7) is 1.99. The SMILES string of the molecule is Cc1cc(-c2ccccc2)nc(SCc2cn3cccnc3n2)n1. The molecule has 0 fully saturated rings. The molecule has 4 aromatic rings. The summed E-state index contributed by atoms with van der Waals surface area (Å²) in [5, 5.41) is 0.763. The number of benzene rings is 1. The fourth-order valence-corrected chi connectivity index (χ4v) is 3.24. The van der Waals surface area contributed by atoms with Crippen molar-refractivity contribution in [2.75, 3.05) is 0 Å². The molecule has 3 heterocycles. The first-order valence-corrected chi connectivity index (χ1v) is 8.59. The smallest absolute Gasteiger partial charge is 0.233 e. The predicted octanol–water partition coefficient (Wildman–Crippen LogP) is 3.79. The van der Waals surface area contributed by atoms with Gasteiger partial charge in [-0.05, 0) is 19.1 Å². The highest BCUT2D eigenvalue weighted by atomic mass is 32.2. The fraction of sp³-hybridized carbons (Fsp3) is 0.111. The lowest BCUT2D eigenvalue weighted by atomic mass is 10.1. The van der Waals surface area contributed by atoms with Gasteiger partial charge in [-0.2, -0.15) is 0 Å². The van der Waals surface area contributed by atoms with Crippen LogP contribution >= 0.6 is 11.8 Å². The van der Waals surface area contributed by atoms with Gasteiger partial charge in [0, 0.05) is 35.6 Å². The van der Waals surface area contributed by atoms with Crippen LogP contribution in [0.15, 0.2) is 66.2 Å². The summed E-state index contributed by atoms with van der Waals surface area (Å²) in [6.07, 6.45) is 5.68. The van der Waals surface area contributed by atoms with Crippen LogP contribution in [0.25, 0.3) is 17.0 Å². The second-order valence-corrected chi connectivity index (χ2v) is 6.33. The van der Waals surface area contributed by atoms with E-state index < -0.39 is 0 Å². The van der Waals surface area contributed by atoms with Gasteiger partial charge >= 0.3 is 0 Å². The molecule has 0 N–H and O–H groups in total. The van der Waals surface area contributed by atoms with Crippen molar-refractivity contribution >= 4 is 17.5 Å². The number of aryl methyl sites for hydroxylation is 1. The van der Waals surface area contributed by atoms with E-state index in [0.29, 0.717) is 11.5 Å². The summed E-state index contributed by atoms with van der Waals surface area (Å²) in [4.78, 5) is 17.9. The second-order valence-electron chi connectivity index (χ2n) is 5.39. The van der Waals surface area contributed by atoms with E-state index in [9.17, 15) is 0 Å². The number of hydrogen-bond acceptors (Lipinski definition) is 5. The Morgan fingerprint density at radius 1 is 1.04 bits per heavy atom. The molecule has 0 bridgehead atoms. The Morgan fingerprint density at radius 2 is 1.92 bits per heavy atom. The van der Waals surface area contributed by atoms with Gasteiger partial charge in [0.25, 0.3) is 0 Å². The van der Waals surface area contributed by atoms with E-state index in [-0.39, 0.29) is 0 Å². The Balaban J connectivity index is 1.57. The highest BCUT2D eigenvalue weighted by Crippen LogP contribution is 2.23. The topological polar surface area (TPSA) is 56.0 Å². The first kappa shape index (κ1) is 14.8. The van der Waals surface area contributed by atoms with Gasteiger partial charge in [0.15, 0.2) is 5.16 Å². The normalized spacial score (nSPS) is 11.0. The van der Waals surface area contributed by atoms with E-state index in [4.69, 9.17) is 0 Å². The van der Waals surface area contributed by atoms with Crippen LogP contribution in [0.4, 0.5) is 0 Å². The number of thioether (sulfide) groups is 1. The van der Waals surface area contributed by atoms with Crippen LogP contribution in [0.1, 0.15) is 11.4 Å². The summed E-state index contributed by atoms with van der Waals surface area (Å²) in [7, 11) is 0. The first-order valence-electron chi connectivity index (χ1n) is 7.60. The molecule has 3 aromatic heterocycles. The number of rotatable bonds is 4. The maximum absolute atomic E-state index is 4.67. The van der Waals surface area contributed by atoms with E-state index in [0.717, 1.165) is 27.8 Å². The second kappa shape index (κ2) is 6.41. The third-order valence-corrected chi connectivity index (χ3v) is 4.42. The van der Waals surface area contributed by atoms with Crippen LogP contribution in [0, 0.1) is 6.92 Å². The fourth-order valence-electron chi connectivity index (χ4n) is 2.45. The number of hydrogen-bond donors (Lipinski definition) is 0. The van der Waals surface area contributed by atoms with E-state index in [2.05, 4.69) is 32.1 Å². The Hall–Kier alpha value is -2.73. The van der Waals surface area contributed by atoms with Crippen LogP contribution in [-0.4, -0.2) is 24.3 Å². The number of nitrogens with zero attached hydrogens (tertiary/aromatic N) is 5. The molecule has 0 unspecified atom stereocenters. The summed E-state index contributed by atoms with van der Waals surface area (Å²) >= 11 is 1.59. The number of aromatic nitrogens is 5. The molecule has 0 aliphatic rings. The van der Waals surface area contributed by atoms with E-state index in [1.54, 1.807) is 18.0 Å². The van der Waals surface area contributed by atoms with Crippen molar-refractivity contribution in [3.05, 3.63) is 72.4 Å². The quantitative estimate of drug-likeness (QED) is 0.420. The number of imidazole rings is 1. The lowest BCUT2D eigenvalue weighted by Crippen LogP contribution is -1.94. The minimum atomic E-state index is 0.709. The minimum absolute atomic E-state index is 0.709. The zero-order valence-electron chi connectivity index (χ0n) is 13.1. The molecule has 0 spiro atoms. The lowest BCUT2D eigenvalue weighted by molar-refractivity contribution is 0.936. The molecule has 0 aliphatic carbocycles. The predicted molar refractivity (Wildman–Crippen MR) is 94.8 cm³/mol. The molecular weight excluding hydrogens is 318 g/mol. The average molecular weight is 333 g/mol. The maximum Gasteiger partial charge on any atom is 0.233 e. The van der Waals surface area contributed by atoms with Crippen LogP contribution in [0.2, 0.25) is 0 Å². The highest BCUT2D eigenvalue weighted by molar-refractivity contribution is 7.98. The molecule has 1 aromatic carbocycles. The number of fused-ring (bicyclic) bond motifs is 1. The molecule has 6 heteroatoms. The van der Waals surface area contributed by atoms with Gasteiger partial charge in [0.2, 0.25) is 5.78 Å². The molecular formula is C18H15N5S. The van der Waals surface area contributed by atoms with Gasteiger partial charge in [0.05, 0.1) is 11.4 Å². The summed E-state index contributed by atoms with van der Waals surface area (Å²) in [5.74, 6) is 1.42. The molecule has 0 saturated carbocycles. The minimum Gasteiger partial charge on any atom is -0.291 e. The summed E-state index contributed by atoms with van der Waals surface area (Å²) in [5.41, 5.74) is 3.97. The summed E-state index contributed by atoms with van der Waals surface area (Å²) < 4.78 is 1.92. The van der Waals surface area contributed by atoms with Crippen molar-refractivity contribution < 1.29 is 0 Å². The summed E-state index contributed by atoms with van der Waals surface area (Å²) in [6, 6.07) is 14.1. The van der Waals surface area contributed by atoms with Gasteiger partial charge in [-0.25, -0.2) is 19.9 Å². The molecule has 24 heavy (non-hydrogen) atoms. The Bertz CT molecular complexity index is 948. The highest BCUT2D eigenvalue weighted by Gasteiger charge is 2.08. The van der Waals surface area contributed by atoms with Crippen LogP contribution in [0.3, 0.4) is 0 Å². The standard InChI is InChI=1S/C18H15N5S/c1-13-10-16(14-6-3-2-4-7-14)22-18(20-13)24-12-15-11-23-9-5-8-19-17(23)21-15/h2-11H,12H2,1H3. The van der Waals surface area contributed by atoms with Gasteiger partial charge in [-0.15, -0.1) is 0 Å². The molecule has 0 aliphatic heterocycles. The van der Waals surface area contributed by atoms with Crippen LogP contribution < -0.4 is 0 Å². The van der Waals surface area contributed by atoms with Crippen molar-refractivity contribution in [1.82, 2.24) is 24.3 Å². The molecule has 0 saturated heterocycles. The zero-order chi connectivity index (χ0) is 16.4. The monoisotopic (exact) mass is 333 g/mol. The molecule has 5 nitrogen and oxygen atoms in total. The first-order chi connectivity index (χ1) is 11.8. The average Bonchev–Trinajstić information content (AvgIpc) is 3.03.